The summed E-state index contributed by atoms with van der Waals surface area (Å²) in [5.74, 6) is 0.729. The average molecular weight is 654 g/mol. The molecular formula is C34H47N5O6S. The lowest BCUT2D eigenvalue weighted by Gasteiger charge is -2.60. The molecule has 11 nitrogen and oxygen atoms in total. The molecule has 1 aromatic carbocycles. The van der Waals surface area contributed by atoms with Gasteiger partial charge in [0.2, 0.25) is 5.91 Å². The van der Waals surface area contributed by atoms with E-state index in [1.807, 2.05) is 6.92 Å². The molecule has 2 aromatic rings. The van der Waals surface area contributed by atoms with Gasteiger partial charge in [0.1, 0.15) is 18.0 Å². The van der Waals surface area contributed by atoms with E-state index in [-0.39, 0.29) is 17.2 Å². The van der Waals surface area contributed by atoms with Gasteiger partial charge < -0.3 is 15.4 Å². The molecule has 1 saturated heterocycles. The Morgan fingerprint density at radius 3 is 2.26 bits per heavy atom. The van der Waals surface area contributed by atoms with Crippen LogP contribution >= 0.6 is 0 Å². The van der Waals surface area contributed by atoms with Crippen molar-refractivity contribution in [2.75, 3.05) is 6.54 Å². The fourth-order valence-electron chi connectivity index (χ4n) is 8.56. The van der Waals surface area contributed by atoms with Crippen molar-refractivity contribution in [3.63, 3.8) is 0 Å². The van der Waals surface area contributed by atoms with E-state index in [0.29, 0.717) is 36.4 Å². The molecule has 5 aliphatic rings. The number of rotatable bonds is 8. The molecule has 7 rings (SSSR count). The molecule has 1 aliphatic heterocycles. The molecule has 1 aromatic heterocycles. The molecule has 250 valence electrons. The zero-order valence-corrected chi connectivity index (χ0v) is 28.1. The number of hydrogen-bond acceptors (Lipinski definition) is 8. The van der Waals surface area contributed by atoms with Crippen LogP contribution in [0.15, 0.2) is 41.7 Å². The highest BCUT2D eigenvalue weighted by Gasteiger charge is 2.57. The third kappa shape index (κ3) is 6.74. The van der Waals surface area contributed by atoms with Gasteiger partial charge >= 0.3 is 6.09 Å². The number of imidazole rings is 1. The van der Waals surface area contributed by atoms with Gasteiger partial charge in [0.05, 0.1) is 22.2 Å². The molecule has 4 saturated carbocycles. The van der Waals surface area contributed by atoms with Crippen LogP contribution < -0.4 is 10.6 Å². The third-order valence-electron chi connectivity index (χ3n) is 10.1. The molecule has 5 fully saturated rings. The zero-order valence-electron chi connectivity index (χ0n) is 27.3. The number of piperidine rings is 1. The number of nitrogens with one attached hydrogen (secondary N) is 2. The SMILES string of the molecule is Cc1ccc(S(=O)(=O)n2cnc(C[C@H](NC(=O)OC(C)(C)C)C(=O)N(C(=O)C3CCCCN3)C34CC5CC(CC(C5)C3)C4)c2)cc1. The normalized spacial score (nSPS) is 28.0. The molecule has 2 N–H and O–H groups in total. The third-order valence-corrected chi connectivity index (χ3v) is 11.8. The summed E-state index contributed by atoms with van der Waals surface area (Å²) in [5.41, 5.74) is -0.187. The standard InChI is InChI=1S/C34H47N5O6S/c1-22-8-10-27(11-9-22)46(43,44)38-20-26(36-21-38)16-29(37-32(42)45-33(2,3)4)31(41)39(30(40)28-7-5-6-12-35-28)34-17-23-13-24(18-34)15-25(14-23)19-34/h8-11,20-21,23-25,28-29,35H,5-7,12-19H2,1-4H3,(H,37,42)/t23?,24?,25?,28?,29-,34?/m0/s1. The van der Waals surface area contributed by atoms with Crippen LogP contribution in [-0.4, -0.2) is 70.0 Å². The number of ether oxygens (including phenoxy) is 1. The van der Waals surface area contributed by atoms with Crippen LogP contribution in [0.3, 0.4) is 0 Å². The average Bonchev–Trinajstić information content (AvgIpc) is 3.45. The predicted molar refractivity (Wildman–Crippen MR) is 171 cm³/mol. The maximum Gasteiger partial charge on any atom is 0.408 e. The molecule has 1 unspecified atom stereocenters. The summed E-state index contributed by atoms with van der Waals surface area (Å²) in [6, 6.07) is 4.86. The van der Waals surface area contributed by atoms with E-state index in [1.54, 1.807) is 32.9 Å². The number of benzene rings is 1. The van der Waals surface area contributed by atoms with Gasteiger partial charge in [-0.3, -0.25) is 14.5 Å². The molecule has 0 spiro atoms. The van der Waals surface area contributed by atoms with Gasteiger partial charge in [-0.05, 0) is 115 Å². The van der Waals surface area contributed by atoms with Crippen LogP contribution in [0.1, 0.15) is 89.8 Å². The second-order valence-electron chi connectivity index (χ2n) is 15.1. The fourth-order valence-corrected chi connectivity index (χ4v) is 9.72. The fraction of sp³-hybridized carbons (Fsp3) is 0.647. The first-order valence-corrected chi connectivity index (χ1v) is 18.1. The van der Waals surface area contributed by atoms with Gasteiger partial charge in [0.25, 0.3) is 15.9 Å². The maximum atomic E-state index is 14.9. The van der Waals surface area contributed by atoms with Crippen molar-refractivity contribution in [1.29, 1.82) is 0 Å². The number of carbonyl (C=O) groups is 3. The second kappa shape index (κ2) is 12.4. The summed E-state index contributed by atoms with van der Waals surface area (Å²) in [6.07, 6.45) is 9.99. The monoisotopic (exact) mass is 653 g/mol. The lowest BCUT2D eigenvalue weighted by molar-refractivity contribution is -0.167. The quantitative estimate of drug-likeness (QED) is 0.429. The highest BCUT2D eigenvalue weighted by Crippen LogP contribution is 2.58. The minimum atomic E-state index is -3.93. The Hall–Kier alpha value is -3.25. The molecule has 2 heterocycles. The van der Waals surface area contributed by atoms with Gasteiger partial charge in [-0.1, -0.05) is 24.1 Å². The summed E-state index contributed by atoms with van der Waals surface area (Å²) in [4.78, 5) is 48.4. The number of aromatic nitrogens is 2. The van der Waals surface area contributed by atoms with Crippen LogP contribution in [-0.2, 0) is 30.8 Å². The van der Waals surface area contributed by atoms with E-state index in [2.05, 4.69) is 15.6 Å². The van der Waals surface area contributed by atoms with Crippen molar-refractivity contribution in [3.8, 4) is 0 Å². The first kappa shape index (κ1) is 32.7. The van der Waals surface area contributed by atoms with E-state index in [0.717, 1.165) is 60.9 Å². The lowest BCUT2D eigenvalue weighted by Crippen LogP contribution is -2.68. The Balaban J connectivity index is 1.33. The Labute approximate surface area is 271 Å². The van der Waals surface area contributed by atoms with Crippen LogP contribution in [0.4, 0.5) is 4.79 Å². The van der Waals surface area contributed by atoms with Crippen LogP contribution in [0.5, 0.6) is 0 Å². The molecule has 46 heavy (non-hydrogen) atoms. The topological polar surface area (TPSA) is 140 Å². The van der Waals surface area contributed by atoms with Crippen LogP contribution in [0.2, 0.25) is 0 Å². The number of imide groups is 1. The first-order valence-electron chi connectivity index (χ1n) is 16.7. The van der Waals surface area contributed by atoms with E-state index in [4.69, 9.17) is 4.74 Å². The number of aryl methyl sites for hydroxylation is 1. The van der Waals surface area contributed by atoms with E-state index < -0.39 is 45.2 Å². The summed E-state index contributed by atoms with van der Waals surface area (Å²) in [5, 5.41) is 6.10. The maximum absolute atomic E-state index is 14.9. The predicted octanol–water partition coefficient (Wildman–Crippen LogP) is 4.33. The Kier molecular flexibility index (Phi) is 8.82. The van der Waals surface area contributed by atoms with E-state index >= 15 is 0 Å². The Morgan fingerprint density at radius 2 is 1.70 bits per heavy atom. The van der Waals surface area contributed by atoms with Gasteiger partial charge in [0.15, 0.2) is 0 Å². The summed E-state index contributed by atoms with van der Waals surface area (Å²) >= 11 is 0. The van der Waals surface area contributed by atoms with Gasteiger partial charge in [-0.25, -0.2) is 22.2 Å². The van der Waals surface area contributed by atoms with Crippen molar-refractivity contribution in [1.82, 2.24) is 24.5 Å². The number of carbonyl (C=O) groups excluding carboxylic acids is 3. The van der Waals surface area contributed by atoms with Crippen molar-refractivity contribution in [2.24, 2.45) is 17.8 Å². The molecule has 2 atom stereocenters. The molecule has 12 heteroatoms. The molecule has 3 amide bonds. The first-order chi connectivity index (χ1) is 21.7. The minimum Gasteiger partial charge on any atom is -0.444 e. The summed E-state index contributed by atoms with van der Waals surface area (Å²) in [6.45, 7) is 7.80. The van der Waals surface area contributed by atoms with Gasteiger partial charge in [-0.2, -0.15) is 0 Å². The molecule has 0 radical (unpaired) electrons. The number of hydrogen-bond donors (Lipinski definition) is 2. The highest BCUT2D eigenvalue weighted by atomic mass is 32.2. The lowest BCUT2D eigenvalue weighted by atomic mass is 9.52. The van der Waals surface area contributed by atoms with Crippen molar-refractivity contribution in [2.45, 2.75) is 120 Å². The van der Waals surface area contributed by atoms with E-state index in [9.17, 15) is 22.8 Å². The van der Waals surface area contributed by atoms with Gasteiger partial charge in [-0.15, -0.1) is 0 Å². The van der Waals surface area contributed by atoms with Crippen LogP contribution in [0, 0.1) is 24.7 Å². The number of nitrogens with zero attached hydrogens (tertiary/aromatic N) is 3. The number of amides is 3. The smallest absolute Gasteiger partial charge is 0.408 e. The molecule has 4 bridgehead atoms. The molecule has 4 aliphatic carbocycles. The summed E-state index contributed by atoms with van der Waals surface area (Å²) < 4.78 is 33.3. The summed E-state index contributed by atoms with van der Waals surface area (Å²) in [7, 11) is -3.93. The van der Waals surface area contributed by atoms with Crippen molar-refractivity contribution >= 4 is 27.9 Å². The van der Waals surface area contributed by atoms with Crippen molar-refractivity contribution in [3.05, 3.63) is 48.0 Å². The minimum absolute atomic E-state index is 0.108. The van der Waals surface area contributed by atoms with Crippen molar-refractivity contribution < 1.29 is 27.5 Å². The highest BCUT2D eigenvalue weighted by molar-refractivity contribution is 7.90. The largest absolute Gasteiger partial charge is 0.444 e. The van der Waals surface area contributed by atoms with Gasteiger partial charge in [0, 0.05) is 12.6 Å². The number of alkyl carbamates (subject to hydrolysis) is 1. The van der Waals surface area contributed by atoms with E-state index in [1.165, 1.54) is 29.6 Å². The Bertz CT molecular complexity index is 1540. The van der Waals surface area contributed by atoms with Crippen LogP contribution in [0.25, 0.3) is 0 Å². The molecular weight excluding hydrogens is 606 g/mol. The second-order valence-corrected chi connectivity index (χ2v) is 16.9. The zero-order chi connectivity index (χ0) is 32.9. The Morgan fingerprint density at radius 1 is 1.07 bits per heavy atom.